The molecule has 8 nitrogen and oxygen atoms in total. The Bertz CT molecular complexity index is 1000. The fraction of sp³-hybridized carbons (Fsp3) is 0.250. The molecule has 2 aromatic heterocycles. The Morgan fingerprint density at radius 2 is 2.14 bits per heavy atom. The molecule has 0 saturated heterocycles. The zero-order chi connectivity index (χ0) is 19.5. The van der Waals surface area contributed by atoms with Crippen LogP contribution in [0, 0.1) is 0 Å². The molecule has 3 aromatic rings. The molecule has 1 aliphatic rings. The molecule has 8 heteroatoms. The lowest BCUT2D eigenvalue weighted by Crippen LogP contribution is -2.39. The number of benzene rings is 1. The Morgan fingerprint density at radius 1 is 1.29 bits per heavy atom. The van der Waals surface area contributed by atoms with Crippen molar-refractivity contribution in [2.45, 2.75) is 18.8 Å². The monoisotopic (exact) mass is 376 g/mol. The Labute approximate surface area is 162 Å². The molecule has 4 rings (SSSR count). The molecule has 28 heavy (non-hydrogen) atoms. The predicted octanol–water partition coefficient (Wildman–Crippen LogP) is 1.68. The number of hydrogen-bond acceptors (Lipinski definition) is 5. The number of H-pyrrole nitrogens is 1. The van der Waals surface area contributed by atoms with Crippen LogP contribution in [0.25, 0.3) is 11.4 Å². The van der Waals surface area contributed by atoms with Gasteiger partial charge < -0.3 is 10.2 Å². The number of nitrogens with zero attached hydrogens (tertiary/aromatic N) is 4. The van der Waals surface area contributed by atoms with E-state index < -0.39 is 5.92 Å². The summed E-state index contributed by atoms with van der Waals surface area (Å²) in [7, 11) is 1.74. The molecule has 142 valence electrons. The number of aromatic nitrogens is 4. The maximum Gasteiger partial charge on any atom is 0.228 e. The van der Waals surface area contributed by atoms with Gasteiger partial charge in [-0.05, 0) is 23.8 Å². The molecular formula is C20H20N6O2. The Hall–Kier alpha value is -3.55. The third-order valence-electron chi connectivity index (χ3n) is 4.86. The van der Waals surface area contributed by atoms with Crippen LogP contribution in [0.4, 0.5) is 5.69 Å². The van der Waals surface area contributed by atoms with Crippen molar-refractivity contribution in [2.75, 3.05) is 18.5 Å². The summed E-state index contributed by atoms with van der Waals surface area (Å²) in [5, 5.41) is 9.98. The first-order chi connectivity index (χ1) is 13.6. The average Bonchev–Trinajstić information content (AvgIpc) is 3.20. The van der Waals surface area contributed by atoms with Gasteiger partial charge in [-0.1, -0.05) is 18.2 Å². The summed E-state index contributed by atoms with van der Waals surface area (Å²) in [6.07, 6.45) is 4.08. The van der Waals surface area contributed by atoms with Gasteiger partial charge in [-0.3, -0.25) is 19.7 Å². The minimum Gasteiger partial charge on any atom is -0.355 e. The maximum absolute atomic E-state index is 12.7. The molecule has 1 aliphatic heterocycles. The van der Waals surface area contributed by atoms with Crippen molar-refractivity contribution in [3.8, 4) is 11.4 Å². The van der Waals surface area contributed by atoms with Crippen LogP contribution in [0.1, 0.15) is 23.7 Å². The molecule has 2 N–H and O–H groups in total. The molecule has 0 bridgehead atoms. The number of hydrogen-bond donors (Lipinski definition) is 2. The maximum atomic E-state index is 12.7. The molecule has 0 fully saturated rings. The molecule has 0 spiro atoms. The zero-order valence-corrected chi connectivity index (χ0v) is 15.4. The van der Waals surface area contributed by atoms with Gasteiger partial charge in [0, 0.05) is 50.1 Å². The average molecular weight is 376 g/mol. The second-order valence-corrected chi connectivity index (χ2v) is 6.66. The van der Waals surface area contributed by atoms with Crippen molar-refractivity contribution >= 4 is 17.5 Å². The van der Waals surface area contributed by atoms with E-state index in [0.717, 1.165) is 16.8 Å². The van der Waals surface area contributed by atoms with Crippen LogP contribution >= 0.6 is 0 Å². The van der Waals surface area contributed by atoms with Gasteiger partial charge in [0.15, 0.2) is 5.82 Å². The lowest BCUT2D eigenvalue weighted by Gasteiger charge is -2.30. The minimum atomic E-state index is -0.472. The van der Waals surface area contributed by atoms with E-state index in [1.54, 1.807) is 24.3 Å². The fourth-order valence-electron chi connectivity index (χ4n) is 3.34. The predicted molar refractivity (Wildman–Crippen MR) is 104 cm³/mol. The first kappa shape index (κ1) is 17.8. The smallest absolute Gasteiger partial charge is 0.228 e. The second-order valence-electron chi connectivity index (χ2n) is 6.66. The summed E-state index contributed by atoms with van der Waals surface area (Å²) in [5.41, 5.74) is 2.49. The van der Waals surface area contributed by atoms with E-state index in [0.29, 0.717) is 24.6 Å². The van der Waals surface area contributed by atoms with Crippen molar-refractivity contribution in [3.63, 3.8) is 0 Å². The normalized spacial score (nSPS) is 16.0. The number of amides is 2. The third-order valence-corrected chi connectivity index (χ3v) is 4.86. The van der Waals surface area contributed by atoms with E-state index in [1.807, 2.05) is 36.4 Å². The number of pyridine rings is 1. The van der Waals surface area contributed by atoms with Crippen LogP contribution in [0.2, 0.25) is 0 Å². The topological polar surface area (TPSA) is 104 Å². The Balaban J connectivity index is 1.38. The molecular weight excluding hydrogens is 356 g/mol. The lowest BCUT2D eigenvalue weighted by molar-refractivity contribution is -0.127. The van der Waals surface area contributed by atoms with Gasteiger partial charge in [0.05, 0.1) is 5.92 Å². The summed E-state index contributed by atoms with van der Waals surface area (Å²) in [6.45, 7) is 0.406. The van der Waals surface area contributed by atoms with Crippen LogP contribution in [-0.4, -0.2) is 45.6 Å². The molecule has 0 saturated carbocycles. The number of para-hydroxylation sites is 1. The van der Waals surface area contributed by atoms with Crippen molar-refractivity contribution in [1.82, 2.24) is 25.5 Å². The van der Waals surface area contributed by atoms with Gasteiger partial charge >= 0.3 is 0 Å². The number of carbonyl (C=O) groups is 2. The van der Waals surface area contributed by atoms with E-state index in [9.17, 15) is 9.59 Å². The van der Waals surface area contributed by atoms with Crippen molar-refractivity contribution < 1.29 is 9.59 Å². The van der Waals surface area contributed by atoms with Gasteiger partial charge in [-0.25, -0.2) is 4.98 Å². The molecule has 0 unspecified atom stereocenters. The highest BCUT2D eigenvalue weighted by atomic mass is 16.2. The zero-order valence-electron chi connectivity index (χ0n) is 15.4. The summed E-state index contributed by atoms with van der Waals surface area (Å²) in [4.78, 5) is 35.0. The minimum absolute atomic E-state index is 0.0600. The first-order valence-electron chi connectivity index (χ1n) is 9.08. The van der Waals surface area contributed by atoms with E-state index in [1.165, 1.54) is 0 Å². The number of rotatable bonds is 5. The van der Waals surface area contributed by atoms with Crippen LogP contribution in [0.5, 0.6) is 0 Å². The molecule has 3 heterocycles. The summed E-state index contributed by atoms with van der Waals surface area (Å²) in [5.74, 6) is 0.569. The van der Waals surface area contributed by atoms with Gasteiger partial charge in [0.2, 0.25) is 11.8 Å². The Kier molecular flexibility index (Phi) is 4.84. The van der Waals surface area contributed by atoms with Crippen molar-refractivity contribution in [1.29, 1.82) is 0 Å². The van der Waals surface area contributed by atoms with Gasteiger partial charge in [0.1, 0.15) is 5.82 Å². The largest absolute Gasteiger partial charge is 0.355 e. The number of nitrogens with one attached hydrogen (secondary N) is 2. The summed E-state index contributed by atoms with van der Waals surface area (Å²) in [6, 6.07) is 11.2. The van der Waals surface area contributed by atoms with Crippen LogP contribution in [0.3, 0.4) is 0 Å². The lowest BCUT2D eigenvalue weighted by atomic mass is 9.89. The van der Waals surface area contributed by atoms with Crippen LogP contribution in [-0.2, 0) is 16.0 Å². The van der Waals surface area contributed by atoms with E-state index in [-0.39, 0.29) is 18.2 Å². The fourth-order valence-corrected chi connectivity index (χ4v) is 3.34. The van der Waals surface area contributed by atoms with E-state index in [2.05, 4.69) is 25.5 Å². The molecule has 1 aromatic carbocycles. The summed E-state index contributed by atoms with van der Waals surface area (Å²) >= 11 is 0. The standard InChI is InChI=1S/C20H20N6O2/c1-26-16-7-3-2-6-14(16)15(11-18(26)27)20(28)22-10-8-17-23-19(25-24-17)13-5-4-9-21-12-13/h2-7,9,12,15H,8,10-11H2,1H3,(H,22,28)(H,23,24,25)/t15-/m0/s1. The number of fused-ring (bicyclic) bond motifs is 1. The van der Waals surface area contributed by atoms with E-state index in [4.69, 9.17) is 0 Å². The second kappa shape index (κ2) is 7.59. The van der Waals surface area contributed by atoms with Gasteiger partial charge in [0.25, 0.3) is 0 Å². The number of aromatic amines is 1. The molecule has 1 atom stereocenters. The van der Waals surface area contributed by atoms with Gasteiger partial charge in [-0.2, -0.15) is 5.10 Å². The van der Waals surface area contributed by atoms with Crippen LogP contribution in [0.15, 0.2) is 48.8 Å². The molecule has 0 aliphatic carbocycles. The Morgan fingerprint density at radius 3 is 2.96 bits per heavy atom. The molecule has 0 radical (unpaired) electrons. The van der Waals surface area contributed by atoms with E-state index >= 15 is 0 Å². The quantitative estimate of drug-likeness (QED) is 0.705. The van der Waals surface area contributed by atoms with Crippen LogP contribution < -0.4 is 10.2 Å². The molecule has 2 amide bonds. The van der Waals surface area contributed by atoms with Crippen molar-refractivity contribution in [3.05, 3.63) is 60.2 Å². The number of carbonyl (C=O) groups excluding carboxylic acids is 2. The van der Waals surface area contributed by atoms with Crippen molar-refractivity contribution in [2.24, 2.45) is 0 Å². The van der Waals surface area contributed by atoms with Gasteiger partial charge in [-0.15, -0.1) is 0 Å². The first-order valence-corrected chi connectivity index (χ1v) is 9.08. The highest BCUT2D eigenvalue weighted by Gasteiger charge is 2.33. The SMILES string of the molecule is CN1C(=O)C[C@H](C(=O)NCCc2nc(-c3cccnc3)n[nH]2)c2ccccc21. The summed E-state index contributed by atoms with van der Waals surface area (Å²) < 4.78 is 0. The third kappa shape index (κ3) is 3.48. The highest BCUT2D eigenvalue weighted by Crippen LogP contribution is 2.35. The highest BCUT2D eigenvalue weighted by molar-refractivity contribution is 6.02. The number of anilines is 1.